The van der Waals surface area contributed by atoms with Crippen LogP contribution in [-0.4, -0.2) is 52.1 Å². The molecule has 1 rings (SSSR count). The lowest BCUT2D eigenvalue weighted by atomic mass is 10.0. The van der Waals surface area contributed by atoms with Crippen LogP contribution < -0.4 is 20.5 Å². The van der Waals surface area contributed by atoms with Crippen LogP contribution in [0.2, 0.25) is 0 Å². The highest BCUT2D eigenvalue weighted by atomic mass is 16.6. The summed E-state index contributed by atoms with van der Waals surface area (Å²) in [6.45, 7) is 2.31. The maximum Gasteiger partial charge on any atom is 0.326 e. The highest BCUT2D eigenvalue weighted by Crippen LogP contribution is 2.29. The van der Waals surface area contributed by atoms with Crippen molar-refractivity contribution in [1.29, 1.82) is 0 Å². The van der Waals surface area contributed by atoms with Crippen molar-refractivity contribution in [2.24, 2.45) is 5.73 Å². The van der Waals surface area contributed by atoms with Gasteiger partial charge < -0.3 is 30.7 Å². The number of rotatable bonds is 10. The molecule has 2 atom stereocenters. The van der Waals surface area contributed by atoms with Crippen molar-refractivity contribution in [2.45, 2.75) is 45.2 Å². The van der Waals surface area contributed by atoms with E-state index in [4.69, 9.17) is 20.3 Å². The first-order chi connectivity index (χ1) is 13.5. The van der Waals surface area contributed by atoms with Crippen LogP contribution in [-0.2, 0) is 30.4 Å². The van der Waals surface area contributed by atoms with Crippen LogP contribution in [0.25, 0.3) is 0 Å². The van der Waals surface area contributed by atoms with Crippen molar-refractivity contribution in [2.75, 3.05) is 0 Å². The number of nitrogens with one attached hydrogen (secondary N) is 1. The molecule has 29 heavy (non-hydrogen) atoms. The summed E-state index contributed by atoms with van der Waals surface area (Å²) >= 11 is 0. The molecule has 0 aliphatic carbocycles. The summed E-state index contributed by atoms with van der Waals surface area (Å²) in [5.41, 5.74) is 5.69. The molecule has 0 aromatic heterocycles. The molecule has 0 saturated heterocycles. The Morgan fingerprint density at radius 1 is 1.00 bits per heavy atom. The quantitative estimate of drug-likeness (QED) is 0.299. The normalized spacial score (nSPS) is 12.4. The highest BCUT2D eigenvalue weighted by molar-refractivity contribution is 5.84. The molecule has 0 saturated carbocycles. The summed E-state index contributed by atoms with van der Waals surface area (Å²) in [6.07, 6.45) is -0.580. The van der Waals surface area contributed by atoms with E-state index in [9.17, 15) is 29.1 Å². The molecule has 11 heteroatoms. The lowest BCUT2D eigenvalue weighted by Gasteiger charge is -2.16. The van der Waals surface area contributed by atoms with Crippen molar-refractivity contribution >= 4 is 29.8 Å². The number of esters is 2. The Bertz CT molecular complexity index is 807. The number of nitrogens with two attached hydrogens (primary N) is 1. The van der Waals surface area contributed by atoms with Crippen LogP contribution >= 0.6 is 0 Å². The smallest absolute Gasteiger partial charge is 0.326 e. The van der Waals surface area contributed by atoms with Crippen LogP contribution in [0.15, 0.2) is 18.2 Å². The van der Waals surface area contributed by atoms with Crippen LogP contribution in [0.5, 0.6) is 11.5 Å². The van der Waals surface area contributed by atoms with Gasteiger partial charge in [-0.1, -0.05) is 6.07 Å². The van der Waals surface area contributed by atoms with Gasteiger partial charge in [0.2, 0.25) is 5.91 Å². The fraction of sp³-hybridized carbons (Fsp3) is 0.389. The van der Waals surface area contributed by atoms with Gasteiger partial charge in [0, 0.05) is 26.7 Å². The second-order valence-corrected chi connectivity index (χ2v) is 6.11. The summed E-state index contributed by atoms with van der Waals surface area (Å²) in [7, 11) is 0. The van der Waals surface area contributed by atoms with E-state index in [1.54, 1.807) is 0 Å². The minimum atomic E-state index is -1.33. The van der Waals surface area contributed by atoms with Gasteiger partial charge >= 0.3 is 23.9 Å². The molecule has 11 nitrogen and oxygen atoms in total. The minimum Gasteiger partial charge on any atom is -0.480 e. The van der Waals surface area contributed by atoms with Crippen LogP contribution in [0.4, 0.5) is 0 Å². The molecule has 0 heterocycles. The van der Waals surface area contributed by atoms with Gasteiger partial charge in [-0.25, -0.2) is 4.79 Å². The van der Waals surface area contributed by atoms with E-state index in [0.29, 0.717) is 5.56 Å². The first-order valence-corrected chi connectivity index (χ1v) is 8.50. The molecule has 0 radical (unpaired) electrons. The molecule has 158 valence electrons. The maximum atomic E-state index is 11.9. The third-order valence-corrected chi connectivity index (χ3v) is 3.59. The topological polar surface area (TPSA) is 182 Å². The fourth-order valence-corrected chi connectivity index (χ4v) is 2.27. The number of carbonyl (C=O) groups is 5. The van der Waals surface area contributed by atoms with Gasteiger partial charge in [0.1, 0.15) is 12.1 Å². The van der Waals surface area contributed by atoms with Gasteiger partial charge in [-0.15, -0.1) is 0 Å². The molecular weight excluding hydrogens is 388 g/mol. The van der Waals surface area contributed by atoms with Crippen LogP contribution in [0.1, 0.15) is 32.3 Å². The fourth-order valence-electron chi connectivity index (χ4n) is 2.27. The number of aliphatic carboxylic acids is 2. The summed E-state index contributed by atoms with van der Waals surface area (Å²) < 4.78 is 9.91. The number of hydrogen-bond acceptors (Lipinski definition) is 8. The second kappa shape index (κ2) is 10.8. The zero-order valence-corrected chi connectivity index (χ0v) is 15.8. The number of benzene rings is 1. The largest absolute Gasteiger partial charge is 0.480 e. The Balaban J connectivity index is 2.90. The lowest BCUT2D eigenvalue weighted by molar-refractivity contribution is -0.142. The zero-order valence-electron chi connectivity index (χ0n) is 15.8. The van der Waals surface area contributed by atoms with E-state index in [1.807, 2.05) is 0 Å². The molecule has 0 fully saturated rings. The molecule has 5 N–H and O–H groups in total. The molecule has 1 amide bonds. The summed E-state index contributed by atoms with van der Waals surface area (Å²) in [5, 5.41) is 20.3. The molecule has 1 aromatic carbocycles. The van der Waals surface area contributed by atoms with E-state index < -0.39 is 41.9 Å². The van der Waals surface area contributed by atoms with E-state index in [0.717, 1.165) is 13.8 Å². The molecular formula is C18H22N2O9. The predicted octanol–water partition coefficient (Wildman–Crippen LogP) is -0.159. The molecule has 0 aliphatic heterocycles. The van der Waals surface area contributed by atoms with E-state index in [-0.39, 0.29) is 30.8 Å². The van der Waals surface area contributed by atoms with E-state index in [1.165, 1.54) is 18.2 Å². The number of carboxylic acid groups (broad SMARTS) is 2. The van der Waals surface area contributed by atoms with Crippen molar-refractivity contribution < 1.29 is 43.7 Å². The molecule has 0 bridgehead atoms. The van der Waals surface area contributed by atoms with Gasteiger partial charge in [-0.2, -0.15) is 0 Å². The number of hydrogen-bond donors (Lipinski definition) is 4. The molecule has 1 aromatic rings. The monoisotopic (exact) mass is 410 g/mol. The average Bonchev–Trinajstić information content (AvgIpc) is 2.60. The Labute approximate surface area is 165 Å². The number of amides is 1. The summed E-state index contributed by atoms with van der Waals surface area (Å²) in [6, 6.07) is 1.55. The van der Waals surface area contributed by atoms with Crippen molar-refractivity contribution in [3.63, 3.8) is 0 Å². The number of carboxylic acids is 2. The summed E-state index contributed by atoms with van der Waals surface area (Å²) in [4.78, 5) is 56.4. The lowest BCUT2D eigenvalue weighted by Crippen LogP contribution is -2.43. The Kier molecular flexibility index (Phi) is 8.74. The second-order valence-electron chi connectivity index (χ2n) is 6.11. The molecule has 2 unspecified atom stereocenters. The average molecular weight is 410 g/mol. The Hall–Kier alpha value is -3.47. The van der Waals surface area contributed by atoms with Gasteiger partial charge in [0.15, 0.2) is 11.5 Å². The zero-order chi connectivity index (χ0) is 22.1. The van der Waals surface area contributed by atoms with Crippen molar-refractivity contribution in [3.05, 3.63) is 23.8 Å². The van der Waals surface area contributed by atoms with Gasteiger partial charge in [-0.3, -0.25) is 19.2 Å². The van der Waals surface area contributed by atoms with E-state index in [2.05, 4.69) is 5.32 Å². The number of ether oxygens (including phenoxy) is 2. The first-order valence-electron chi connectivity index (χ1n) is 8.50. The number of carbonyl (C=O) groups excluding carboxylic acids is 3. The van der Waals surface area contributed by atoms with Crippen molar-refractivity contribution in [1.82, 2.24) is 5.32 Å². The highest BCUT2D eigenvalue weighted by Gasteiger charge is 2.22. The van der Waals surface area contributed by atoms with Crippen molar-refractivity contribution in [3.8, 4) is 11.5 Å². The summed E-state index contributed by atoms with van der Waals surface area (Å²) in [5.74, 6) is -4.67. The van der Waals surface area contributed by atoms with Gasteiger partial charge in [-0.05, 0) is 24.1 Å². The molecule has 0 aliphatic rings. The molecule has 0 spiro atoms. The maximum absolute atomic E-state index is 11.9. The SMILES string of the molecule is CC(=O)Oc1ccc(CC(NC(=O)CCC(N)C(=O)O)C(=O)O)cc1OC(C)=O. The first kappa shape index (κ1) is 23.6. The van der Waals surface area contributed by atoms with Gasteiger partial charge in [0.25, 0.3) is 0 Å². The minimum absolute atomic E-state index is 0.0185. The third-order valence-electron chi connectivity index (χ3n) is 3.59. The predicted molar refractivity (Wildman–Crippen MR) is 97.2 cm³/mol. The standard InChI is InChI=1S/C18H22N2O9/c1-9(21)28-14-5-3-11(8-15(14)29-10(2)22)7-13(18(26)27)20-16(23)6-4-12(19)17(24)25/h3,5,8,12-13H,4,6-7,19H2,1-2H3,(H,20,23)(H,24,25)(H,26,27). The van der Waals surface area contributed by atoms with E-state index >= 15 is 0 Å². The van der Waals surface area contributed by atoms with Crippen LogP contribution in [0.3, 0.4) is 0 Å². The Morgan fingerprint density at radius 3 is 2.10 bits per heavy atom. The Morgan fingerprint density at radius 2 is 1.59 bits per heavy atom. The van der Waals surface area contributed by atoms with Crippen LogP contribution in [0, 0.1) is 0 Å². The van der Waals surface area contributed by atoms with Gasteiger partial charge in [0.05, 0.1) is 0 Å². The third kappa shape index (κ3) is 8.39.